The van der Waals surface area contributed by atoms with Crippen LogP contribution in [0.2, 0.25) is 0 Å². The molecule has 0 atom stereocenters. The van der Waals surface area contributed by atoms with E-state index in [1.807, 2.05) is 32.0 Å². The molecule has 0 fully saturated rings. The number of nitrogen functional groups attached to an aromatic ring is 1. The summed E-state index contributed by atoms with van der Waals surface area (Å²) in [5, 5.41) is 8.31. The molecule has 0 unspecified atom stereocenters. The molecule has 0 aliphatic heterocycles. The van der Waals surface area contributed by atoms with E-state index in [1.165, 1.54) is 5.56 Å². The third-order valence-electron chi connectivity index (χ3n) is 2.30. The van der Waals surface area contributed by atoms with Crippen LogP contribution in [0.25, 0.3) is 0 Å². The van der Waals surface area contributed by atoms with Crippen molar-refractivity contribution in [2.75, 3.05) is 0 Å². The van der Waals surface area contributed by atoms with Crippen LogP contribution in [-0.4, -0.2) is 15.8 Å². The number of hydrogen-bond acceptors (Lipinski definition) is 4. The second-order valence-corrected chi connectivity index (χ2v) is 5.11. The van der Waals surface area contributed by atoms with Gasteiger partial charge in [0, 0.05) is 16.8 Å². The minimum atomic E-state index is -0.0224. The number of nitrogens with two attached hydrogens (primary N) is 1. The topological polar surface area (TPSA) is 75.7 Å². The minimum absolute atomic E-state index is 0.0224. The fourth-order valence-electron chi connectivity index (χ4n) is 1.60. The van der Waals surface area contributed by atoms with Crippen molar-refractivity contribution in [3.05, 3.63) is 47.4 Å². The smallest absolute Gasteiger partial charge is 0.141 e. The van der Waals surface area contributed by atoms with Crippen LogP contribution in [0.4, 0.5) is 0 Å². The van der Waals surface area contributed by atoms with E-state index in [2.05, 4.69) is 9.97 Å². The lowest BCUT2D eigenvalue weighted by atomic mass is 10.3. The molecule has 2 aromatic rings. The van der Waals surface area contributed by atoms with E-state index in [0.717, 1.165) is 15.6 Å². The Morgan fingerprint density at radius 2 is 2.06 bits per heavy atom. The Hall–Kier alpha value is -1.88. The van der Waals surface area contributed by atoms with Gasteiger partial charge in [0.25, 0.3) is 0 Å². The zero-order chi connectivity index (χ0) is 13.1. The Balaban J connectivity index is 2.28. The quantitative estimate of drug-likeness (QED) is 0.655. The third-order valence-corrected chi connectivity index (χ3v) is 3.21. The van der Waals surface area contributed by atoms with Gasteiger partial charge in [-0.2, -0.15) is 0 Å². The average molecular weight is 258 g/mol. The molecule has 3 N–H and O–H groups in total. The highest BCUT2D eigenvalue weighted by atomic mass is 32.2. The van der Waals surface area contributed by atoms with E-state index < -0.39 is 0 Å². The van der Waals surface area contributed by atoms with Crippen LogP contribution in [-0.2, 0) is 0 Å². The van der Waals surface area contributed by atoms with Crippen LogP contribution in [0.1, 0.15) is 17.0 Å². The minimum Gasteiger partial charge on any atom is -0.382 e. The second kappa shape index (κ2) is 5.18. The Morgan fingerprint density at radius 3 is 2.72 bits per heavy atom. The second-order valence-electron chi connectivity index (χ2n) is 4.02. The van der Waals surface area contributed by atoms with E-state index in [4.69, 9.17) is 11.1 Å². The fourth-order valence-corrected chi connectivity index (χ4v) is 2.57. The molecule has 0 amide bonds. The molecule has 5 heteroatoms. The van der Waals surface area contributed by atoms with Crippen molar-refractivity contribution in [3.8, 4) is 0 Å². The molecule has 92 valence electrons. The first-order valence-corrected chi connectivity index (χ1v) is 6.30. The molecule has 0 saturated carbocycles. The van der Waals surface area contributed by atoms with Crippen molar-refractivity contribution in [2.45, 2.75) is 23.8 Å². The van der Waals surface area contributed by atoms with Gasteiger partial charge >= 0.3 is 0 Å². The molecule has 0 aromatic carbocycles. The van der Waals surface area contributed by atoms with Gasteiger partial charge in [0.15, 0.2) is 0 Å². The van der Waals surface area contributed by atoms with Gasteiger partial charge in [-0.15, -0.1) is 0 Å². The molecular formula is C13H14N4S. The first-order valence-electron chi connectivity index (χ1n) is 5.48. The summed E-state index contributed by atoms with van der Waals surface area (Å²) in [6.45, 7) is 4.02. The number of nitrogens with one attached hydrogen (secondary N) is 1. The fraction of sp³-hybridized carbons (Fsp3) is 0.154. The molecule has 0 saturated heterocycles. The van der Waals surface area contributed by atoms with Crippen LogP contribution in [0.5, 0.6) is 0 Å². The van der Waals surface area contributed by atoms with Crippen molar-refractivity contribution in [3.63, 3.8) is 0 Å². The Bertz CT molecular complexity index is 575. The first-order chi connectivity index (χ1) is 8.54. The Morgan fingerprint density at radius 1 is 1.28 bits per heavy atom. The van der Waals surface area contributed by atoms with E-state index in [1.54, 1.807) is 24.0 Å². The van der Waals surface area contributed by atoms with Crippen LogP contribution in [0.3, 0.4) is 0 Å². The summed E-state index contributed by atoms with van der Waals surface area (Å²) in [4.78, 5) is 9.47. The van der Waals surface area contributed by atoms with Crippen LogP contribution in [0.15, 0.2) is 40.4 Å². The SMILES string of the molecule is Cc1cc(C)nc(Sc2ccnc(C(=N)N)c2)c1. The average Bonchev–Trinajstić information content (AvgIpc) is 2.27. The number of nitrogens with zero attached hydrogens (tertiary/aromatic N) is 2. The van der Waals surface area contributed by atoms with Crippen molar-refractivity contribution >= 4 is 17.6 Å². The lowest BCUT2D eigenvalue weighted by Gasteiger charge is -2.05. The summed E-state index contributed by atoms with van der Waals surface area (Å²) in [5.41, 5.74) is 8.09. The molecule has 0 aliphatic carbocycles. The highest BCUT2D eigenvalue weighted by Crippen LogP contribution is 2.26. The predicted molar refractivity (Wildman–Crippen MR) is 73.1 cm³/mol. The summed E-state index contributed by atoms with van der Waals surface area (Å²) in [6.07, 6.45) is 1.65. The van der Waals surface area contributed by atoms with E-state index >= 15 is 0 Å². The summed E-state index contributed by atoms with van der Waals surface area (Å²) in [5.74, 6) is -0.0224. The number of rotatable bonds is 3. The van der Waals surface area contributed by atoms with Crippen LogP contribution in [0, 0.1) is 19.3 Å². The van der Waals surface area contributed by atoms with Gasteiger partial charge in [-0.05, 0) is 43.7 Å². The van der Waals surface area contributed by atoms with Gasteiger partial charge in [-0.1, -0.05) is 11.8 Å². The zero-order valence-corrected chi connectivity index (χ0v) is 11.1. The zero-order valence-electron chi connectivity index (χ0n) is 10.3. The molecule has 0 bridgehead atoms. The maximum atomic E-state index is 7.37. The third kappa shape index (κ3) is 3.07. The van der Waals surface area contributed by atoms with Gasteiger partial charge in [0.2, 0.25) is 0 Å². The van der Waals surface area contributed by atoms with Crippen molar-refractivity contribution in [1.82, 2.24) is 9.97 Å². The van der Waals surface area contributed by atoms with Crippen molar-refractivity contribution in [1.29, 1.82) is 5.41 Å². The number of amidine groups is 1. The first kappa shape index (κ1) is 12.6. The number of pyridine rings is 2. The van der Waals surface area contributed by atoms with Crippen LogP contribution >= 0.6 is 11.8 Å². The lowest BCUT2D eigenvalue weighted by molar-refractivity contribution is 1.05. The lowest BCUT2D eigenvalue weighted by Crippen LogP contribution is -2.12. The maximum absolute atomic E-state index is 7.37. The highest BCUT2D eigenvalue weighted by Gasteiger charge is 2.04. The maximum Gasteiger partial charge on any atom is 0.141 e. The predicted octanol–water partition coefficient (Wildman–Crippen LogP) is 2.53. The molecule has 18 heavy (non-hydrogen) atoms. The molecule has 4 nitrogen and oxygen atoms in total. The van der Waals surface area contributed by atoms with E-state index in [9.17, 15) is 0 Å². The summed E-state index contributed by atoms with van der Waals surface area (Å²) in [7, 11) is 0. The highest BCUT2D eigenvalue weighted by molar-refractivity contribution is 7.99. The summed E-state index contributed by atoms with van der Waals surface area (Å²) in [6, 6.07) is 7.76. The molecule has 0 aliphatic rings. The van der Waals surface area contributed by atoms with Gasteiger partial charge in [0.05, 0.1) is 0 Å². The van der Waals surface area contributed by atoms with E-state index in [0.29, 0.717) is 5.69 Å². The standard InChI is InChI=1S/C13H14N4S/c1-8-5-9(2)17-12(6-8)18-10-3-4-16-11(7-10)13(14)15/h3-7H,1-2H3,(H3,14,15). The van der Waals surface area contributed by atoms with Gasteiger partial charge in [-0.3, -0.25) is 10.4 Å². The number of hydrogen-bond donors (Lipinski definition) is 2. The summed E-state index contributed by atoms with van der Waals surface area (Å²) < 4.78 is 0. The van der Waals surface area contributed by atoms with Gasteiger partial charge in [-0.25, -0.2) is 4.98 Å². The van der Waals surface area contributed by atoms with Gasteiger partial charge < -0.3 is 5.73 Å². The normalized spacial score (nSPS) is 10.3. The number of aromatic nitrogens is 2. The molecule has 2 rings (SSSR count). The molecule has 0 radical (unpaired) electrons. The summed E-state index contributed by atoms with van der Waals surface area (Å²) >= 11 is 1.54. The molecule has 2 heterocycles. The van der Waals surface area contributed by atoms with Gasteiger partial charge in [0.1, 0.15) is 16.6 Å². The van der Waals surface area contributed by atoms with E-state index in [-0.39, 0.29) is 5.84 Å². The molecular weight excluding hydrogens is 244 g/mol. The number of aryl methyl sites for hydroxylation is 2. The van der Waals surface area contributed by atoms with Crippen molar-refractivity contribution in [2.24, 2.45) is 5.73 Å². The van der Waals surface area contributed by atoms with Crippen LogP contribution < -0.4 is 5.73 Å². The Labute approximate surface area is 110 Å². The largest absolute Gasteiger partial charge is 0.382 e. The molecule has 0 spiro atoms. The monoisotopic (exact) mass is 258 g/mol. The Kier molecular flexibility index (Phi) is 3.62. The van der Waals surface area contributed by atoms with Crippen molar-refractivity contribution < 1.29 is 0 Å². The molecule has 2 aromatic heterocycles.